The van der Waals surface area contributed by atoms with Crippen molar-refractivity contribution in [3.05, 3.63) is 36.0 Å². The molecule has 1 aromatic heterocycles. The van der Waals surface area contributed by atoms with E-state index in [1.807, 2.05) is 12.1 Å². The maximum atomic E-state index is 8.59. The summed E-state index contributed by atoms with van der Waals surface area (Å²) in [6.07, 6.45) is 1.36. The van der Waals surface area contributed by atoms with Gasteiger partial charge in [-0.2, -0.15) is 15.3 Å². The molecule has 0 aliphatic rings. The molecule has 0 spiro atoms. The number of benzene rings is 1. The molecule has 0 fully saturated rings. The average Bonchev–Trinajstić information content (AvgIpc) is 2.87. The minimum atomic E-state index is 0.0136. The molecule has 0 radical (unpaired) electrons. The second kappa shape index (κ2) is 5.43. The van der Waals surface area contributed by atoms with E-state index >= 15 is 0 Å². The number of rotatable bonds is 3. The number of aromatic nitrogens is 4. The van der Waals surface area contributed by atoms with E-state index in [9.17, 15) is 0 Å². The van der Waals surface area contributed by atoms with Crippen LogP contribution in [0.4, 0.5) is 5.69 Å². The van der Waals surface area contributed by atoms with E-state index in [2.05, 4.69) is 20.7 Å². The Balaban J connectivity index is 2.14. The molecule has 0 unspecified atom stereocenters. The fourth-order valence-electron chi connectivity index (χ4n) is 1.36. The highest BCUT2D eigenvalue weighted by molar-refractivity contribution is 5.60. The zero-order valence-corrected chi connectivity index (χ0v) is 10.1. The van der Waals surface area contributed by atoms with Crippen LogP contribution in [0.3, 0.4) is 0 Å². The minimum absolute atomic E-state index is 0.0136. The number of nitrogens with one attached hydrogen (secondary N) is 1. The lowest BCUT2D eigenvalue weighted by Crippen LogP contribution is -1.92. The Morgan fingerprint density at radius 1 is 1.26 bits per heavy atom. The highest BCUT2D eigenvalue weighted by atomic mass is 15.6. The maximum Gasteiger partial charge on any atom is 0.204 e. The van der Waals surface area contributed by atoms with Gasteiger partial charge in [-0.3, -0.25) is 0 Å². The lowest BCUT2D eigenvalue weighted by Gasteiger charge is -2.01. The molecular weight excluding hydrogens is 242 g/mol. The molecule has 7 nitrogen and oxygen atoms in total. The first-order valence-corrected chi connectivity index (χ1v) is 5.34. The smallest absolute Gasteiger partial charge is 0.204 e. The van der Waals surface area contributed by atoms with Crippen molar-refractivity contribution in [1.29, 1.82) is 10.5 Å². The molecule has 0 aliphatic heterocycles. The zero-order chi connectivity index (χ0) is 13.7. The van der Waals surface area contributed by atoms with Crippen LogP contribution in [0.1, 0.15) is 0 Å². The summed E-state index contributed by atoms with van der Waals surface area (Å²) in [4.78, 5) is 1.39. The third-order valence-electron chi connectivity index (χ3n) is 2.28. The summed E-state index contributed by atoms with van der Waals surface area (Å²) in [6, 6.07) is 10.8. The molecule has 7 heteroatoms. The normalized spacial score (nSPS) is 9.21. The Morgan fingerprint density at radius 2 is 1.95 bits per heavy atom. The van der Waals surface area contributed by atoms with Crippen molar-refractivity contribution in [2.75, 3.05) is 5.32 Å². The quantitative estimate of drug-likeness (QED) is 0.822. The van der Waals surface area contributed by atoms with Crippen molar-refractivity contribution in [1.82, 2.24) is 20.2 Å². The predicted molar refractivity (Wildman–Crippen MR) is 67.2 cm³/mol. The van der Waals surface area contributed by atoms with E-state index in [-0.39, 0.29) is 5.57 Å². The lowest BCUT2D eigenvalue weighted by atomic mass is 10.2. The largest absolute Gasteiger partial charge is 0.360 e. The van der Waals surface area contributed by atoms with Gasteiger partial charge in [0.25, 0.3) is 0 Å². The van der Waals surface area contributed by atoms with Crippen molar-refractivity contribution in [2.24, 2.45) is 7.05 Å². The first kappa shape index (κ1) is 12.3. The molecule has 0 bridgehead atoms. The van der Waals surface area contributed by atoms with Gasteiger partial charge < -0.3 is 5.32 Å². The van der Waals surface area contributed by atoms with Crippen LogP contribution in [-0.4, -0.2) is 20.2 Å². The van der Waals surface area contributed by atoms with Gasteiger partial charge in [0.05, 0.1) is 7.05 Å². The van der Waals surface area contributed by atoms with Crippen LogP contribution in [0.25, 0.3) is 11.4 Å². The number of anilines is 1. The van der Waals surface area contributed by atoms with Gasteiger partial charge in [0.2, 0.25) is 5.82 Å². The molecule has 0 aliphatic carbocycles. The number of tetrazole rings is 1. The Kier molecular flexibility index (Phi) is 3.51. The Bertz CT molecular complexity index is 666. The molecule has 1 heterocycles. The Morgan fingerprint density at radius 3 is 2.47 bits per heavy atom. The lowest BCUT2D eigenvalue weighted by molar-refractivity contribution is 0.630. The molecular formula is C12H9N7. The molecule has 0 atom stereocenters. The molecule has 0 saturated heterocycles. The van der Waals surface area contributed by atoms with E-state index in [4.69, 9.17) is 10.5 Å². The second-order valence-corrected chi connectivity index (χ2v) is 3.61. The molecule has 0 amide bonds. The zero-order valence-electron chi connectivity index (χ0n) is 10.1. The first-order valence-electron chi connectivity index (χ1n) is 5.34. The van der Waals surface area contributed by atoms with E-state index in [1.54, 1.807) is 31.3 Å². The first-order chi connectivity index (χ1) is 9.22. The molecule has 1 aromatic carbocycles. The van der Waals surface area contributed by atoms with Crippen molar-refractivity contribution in [2.45, 2.75) is 0 Å². The monoisotopic (exact) mass is 251 g/mol. The van der Waals surface area contributed by atoms with Gasteiger partial charge in [0.15, 0.2) is 0 Å². The number of nitrogens with zero attached hydrogens (tertiary/aromatic N) is 6. The molecule has 1 N–H and O–H groups in total. The number of hydrogen-bond acceptors (Lipinski definition) is 6. The fourth-order valence-corrected chi connectivity index (χ4v) is 1.36. The van der Waals surface area contributed by atoms with Gasteiger partial charge in [-0.05, 0) is 29.5 Å². The summed E-state index contributed by atoms with van der Waals surface area (Å²) < 4.78 is 0. The molecule has 2 rings (SSSR count). The van der Waals surface area contributed by atoms with Gasteiger partial charge in [-0.25, -0.2) is 0 Å². The highest BCUT2D eigenvalue weighted by Gasteiger charge is 2.03. The SMILES string of the molecule is Cn1nnc(-c2ccc(NC=C(C#N)C#N)cc2)n1. The maximum absolute atomic E-state index is 8.59. The number of hydrogen-bond donors (Lipinski definition) is 1. The fraction of sp³-hybridized carbons (Fsp3) is 0.0833. The van der Waals surface area contributed by atoms with E-state index < -0.39 is 0 Å². The molecule has 0 saturated carbocycles. The van der Waals surface area contributed by atoms with Crippen LogP contribution >= 0.6 is 0 Å². The third-order valence-corrected chi connectivity index (χ3v) is 2.28. The summed E-state index contributed by atoms with van der Waals surface area (Å²) in [7, 11) is 1.70. The minimum Gasteiger partial charge on any atom is -0.360 e. The Labute approximate surface area is 109 Å². The van der Waals surface area contributed by atoms with Crippen LogP contribution < -0.4 is 5.32 Å². The van der Waals surface area contributed by atoms with Crippen molar-refractivity contribution < 1.29 is 0 Å². The van der Waals surface area contributed by atoms with Gasteiger partial charge in [0.1, 0.15) is 17.7 Å². The number of nitriles is 2. The van der Waals surface area contributed by atoms with Crippen molar-refractivity contribution >= 4 is 5.69 Å². The highest BCUT2D eigenvalue weighted by Crippen LogP contribution is 2.17. The van der Waals surface area contributed by atoms with Crippen molar-refractivity contribution in [3.8, 4) is 23.5 Å². The van der Waals surface area contributed by atoms with Crippen LogP contribution in [0, 0.1) is 22.7 Å². The van der Waals surface area contributed by atoms with Gasteiger partial charge in [-0.15, -0.1) is 10.2 Å². The van der Waals surface area contributed by atoms with Crippen LogP contribution in [0.2, 0.25) is 0 Å². The van der Waals surface area contributed by atoms with Gasteiger partial charge in [0, 0.05) is 17.5 Å². The van der Waals surface area contributed by atoms with Crippen LogP contribution in [0.15, 0.2) is 36.0 Å². The molecule has 2 aromatic rings. The average molecular weight is 251 g/mol. The van der Waals surface area contributed by atoms with E-state index in [0.717, 1.165) is 11.3 Å². The van der Waals surface area contributed by atoms with Crippen LogP contribution in [-0.2, 0) is 7.05 Å². The summed E-state index contributed by atoms with van der Waals surface area (Å²) in [5.74, 6) is 0.541. The summed E-state index contributed by atoms with van der Waals surface area (Å²) in [5.41, 5.74) is 1.61. The van der Waals surface area contributed by atoms with Crippen LogP contribution in [0.5, 0.6) is 0 Å². The van der Waals surface area contributed by atoms with E-state index in [0.29, 0.717) is 5.82 Å². The summed E-state index contributed by atoms with van der Waals surface area (Å²) in [5, 5.41) is 31.8. The third kappa shape index (κ3) is 2.93. The standard InChI is InChI=1S/C12H9N7/c1-19-17-12(16-18-19)10-2-4-11(5-3-10)15-8-9(6-13)7-14/h2-5,8,15H,1H3. The second-order valence-electron chi connectivity index (χ2n) is 3.61. The van der Waals surface area contributed by atoms with Gasteiger partial charge >= 0.3 is 0 Å². The Hall–Kier alpha value is -3.19. The topological polar surface area (TPSA) is 103 Å². The van der Waals surface area contributed by atoms with Crippen molar-refractivity contribution in [3.63, 3.8) is 0 Å². The number of aryl methyl sites for hydroxylation is 1. The molecule has 92 valence electrons. The number of allylic oxidation sites excluding steroid dienone is 1. The van der Waals surface area contributed by atoms with E-state index in [1.165, 1.54) is 11.0 Å². The molecule has 19 heavy (non-hydrogen) atoms. The summed E-state index contributed by atoms with van der Waals surface area (Å²) in [6.45, 7) is 0. The van der Waals surface area contributed by atoms with Gasteiger partial charge in [-0.1, -0.05) is 0 Å². The predicted octanol–water partition coefficient (Wildman–Crippen LogP) is 1.22. The summed E-state index contributed by atoms with van der Waals surface area (Å²) >= 11 is 0.